The number of methoxy groups -OCH3 is 1. The third-order valence-corrected chi connectivity index (χ3v) is 6.67. The summed E-state index contributed by atoms with van der Waals surface area (Å²) < 4.78 is 17.3. The molecule has 2 heterocycles. The highest BCUT2D eigenvalue weighted by molar-refractivity contribution is 5.94. The van der Waals surface area contributed by atoms with E-state index in [1.807, 2.05) is 6.07 Å². The van der Waals surface area contributed by atoms with Crippen LogP contribution in [-0.2, 0) is 0 Å². The van der Waals surface area contributed by atoms with Gasteiger partial charge in [0.2, 0.25) is 0 Å². The van der Waals surface area contributed by atoms with Crippen molar-refractivity contribution in [2.45, 2.75) is 51.6 Å². The van der Waals surface area contributed by atoms with Gasteiger partial charge in [-0.3, -0.25) is 4.79 Å². The molecule has 1 aromatic heterocycles. The van der Waals surface area contributed by atoms with Crippen molar-refractivity contribution in [1.82, 2.24) is 10.3 Å². The number of pyridine rings is 1. The van der Waals surface area contributed by atoms with E-state index < -0.39 is 0 Å². The van der Waals surface area contributed by atoms with Gasteiger partial charge in [0.1, 0.15) is 11.4 Å². The summed E-state index contributed by atoms with van der Waals surface area (Å²) in [5.41, 5.74) is 5.79. The Bertz CT molecular complexity index is 1230. The molecule has 2 aliphatic rings. The van der Waals surface area contributed by atoms with E-state index in [-0.39, 0.29) is 17.9 Å². The van der Waals surface area contributed by atoms with Gasteiger partial charge < -0.3 is 19.5 Å². The van der Waals surface area contributed by atoms with Crippen LogP contribution < -0.4 is 19.5 Å². The minimum atomic E-state index is -0.148. The molecule has 1 amide bonds. The zero-order valence-electron chi connectivity index (χ0n) is 20.8. The van der Waals surface area contributed by atoms with Gasteiger partial charge in [0.25, 0.3) is 5.91 Å². The number of hydrogen-bond acceptors (Lipinski definition) is 5. The Hall–Kier alpha value is -3.54. The van der Waals surface area contributed by atoms with Crippen molar-refractivity contribution in [3.8, 4) is 28.5 Å². The van der Waals surface area contributed by atoms with Crippen LogP contribution in [-0.4, -0.2) is 37.3 Å². The van der Waals surface area contributed by atoms with E-state index >= 15 is 0 Å². The van der Waals surface area contributed by atoms with Gasteiger partial charge in [-0.15, -0.1) is 0 Å². The number of hydrogen-bond donors (Lipinski definition) is 1. The standard InChI is InChI=1S/C29H32N2O4/c1-17-5-7-20(8-6-17)27-28-23(19(3)16-34-28)14-24(31-27)18(2)15-30-29(32)21-9-12-25(26(13-21)33-4)35-22-10-11-22/h5-9,12-14,18-19,22H,10-11,15-16H2,1-4H3,(H,30,32). The summed E-state index contributed by atoms with van der Waals surface area (Å²) in [6.07, 6.45) is 2.40. The number of fused-ring (bicyclic) bond motifs is 1. The summed E-state index contributed by atoms with van der Waals surface area (Å²) in [7, 11) is 1.59. The second-order valence-electron chi connectivity index (χ2n) is 9.69. The van der Waals surface area contributed by atoms with Gasteiger partial charge in [0.15, 0.2) is 11.5 Å². The molecule has 2 atom stereocenters. The summed E-state index contributed by atoms with van der Waals surface area (Å²) in [6.45, 7) is 7.46. The van der Waals surface area contributed by atoms with Crippen LogP contribution in [0.1, 0.15) is 65.7 Å². The molecular weight excluding hydrogens is 440 g/mol. The van der Waals surface area contributed by atoms with E-state index in [2.05, 4.69) is 56.4 Å². The van der Waals surface area contributed by atoms with E-state index in [1.54, 1.807) is 19.2 Å². The van der Waals surface area contributed by atoms with Gasteiger partial charge in [-0.2, -0.15) is 0 Å². The molecule has 0 saturated heterocycles. The van der Waals surface area contributed by atoms with E-state index in [9.17, 15) is 4.79 Å². The first-order chi connectivity index (χ1) is 16.9. The molecule has 0 spiro atoms. The molecule has 1 fully saturated rings. The topological polar surface area (TPSA) is 69.7 Å². The van der Waals surface area contributed by atoms with Crippen LogP contribution >= 0.6 is 0 Å². The molecule has 2 unspecified atom stereocenters. The predicted octanol–water partition coefficient (Wildman–Crippen LogP) is 5.64. The minimum absolute atomic E-state index is 0.0283. The van der Waals surface area contributed by atoms with Crippen molar-refractivity contribution in [3.63, 3.8) is 0 Å². The molecule has 0 bridgehead atoms. The maximum Gasteiger partial charge on any atom is 0.251 e. The average molecular weight is 473 g/mol. The number of nitrogens with zero attached hydrogens (tertiary/aromatic N) is 1. The van der Waals surface area contributed by atoms with Gasteiger partial charge in [-0.05, 0) is 44.0 Å². The first kappa shape index (κ1) is 23.2. The van der Waals surface area contributed by atoms with Crippen molar-refractivity contribution in [3.05, 3.63) is 70.9 Å². The molecule has 1 saturated carbocycles. The summed E-state index contributed by atoms with van der Waals surface area (Å²) >= 11 is 0. The second-order valence-corrected chi connectivity index (χ2v) is 9.69. The van der Waals surface area contributed by atoms with E-state index in [0.29, 0.717) is 36.1 Å². The second kappa shape index (κ2) is 9.61. The molecule has 5 rings (SSSR count). The maximum absolute atomic E-state index is 12.9. The van der Waals surface area contributed by atoms with Crippen LogP contribution in [0.15, 0.2) is 48.5 Å². The predicted molar refractivity (Wildman–Crippen MR) is 136 cm³/mol. The smallest absolute Gasteiger partial charge is 0.251 e. The lowest BCUT2D eigenvalue weighted by molar-refractivity contribution is 0.0951. The van der Waals surface area contributed by atoms with Crippen molar-refractivity contribution in [1.29, 1.82) is 0 Å². The summed E-state index contributed by atoms with van der Waals surface area (Å²) in [4.78, 5) is 17.9. The quantitative estimate of drug-likeness (QED) is 0.460. The number of rotatable bonds is 8. The molecule has 1 aliphatic heterocycles. The largest absolute Gasteiger partial charge is 0.493 e. The Morgan fingerprint density at radius 2 is 1.91 bits per heavy atom. The highest BCUT2D eigenvalue weighted by Gasteiger charge is 2.28. The number of benzene rings is 2. The lowest BCUT2D eigenvalue weighted by Gasteiger charge is -2.17. The van der Waals surface area contributed by atoms with Crippen LogP contribution in [0, 0.1) is 6.92 Å². The Balaban J connectivity index is 1.33. The Morgan fingerprint density at radius 1 is 1.14 bits per heavy atom. The number of nitrogens with one attached hydrogen (secondary N) is 1. The zero-order chi connectivity index (χ0) is 24.5. The van der Waals surface area contributed by atoms with Gasteiger partial charge in [0, 0.05) is 40.8 Å². The third kappa shape index (κ3) is 4.97. The molecule has 3 aromatic rings. The van der Waals surface area contributed by atoms with Gasteiger partial charge >= 0.3 is 0 Å². The van der Waals surface area contributed by atoms with Crippen LogP contribution in [0.3, 0.4) is 0 Å². The van der Waals surface area contributed by atoms with Gasteiger partial charge in [-0.1, -0.05) is 43.7 Å². The summed E-state index contributed by atoms with van der Waals surface area (Å²) in [6, 6.07) is 15.8. The zero-order valence-corrected chi connectivity index (χ0v) is 20.8. The first-order valence-electron chi connectivity index (χ1n) is 12.3. The number of carbonyl (C=O) groups is 1. The SMILES string of the molecule is COc1cc(C(=O)NCC(C)c2cc3c(c(-c4ccc(C)cc4)n2)OCC3C)ccc1OC1CC1. The minimum Gasteiger partial charge on any atom is -0.493 e. The summed E-state index contributed by atoms with van der Waals surface area (Å²) in [5.74, 6) is 2.32. The third-order valence-electron chi connectivity index (χ3n) is 6.67. The fourth-order valence-electron chi connectivity index (χ4n) is 4.27. The van der Waals surface area contributed by atoms with Crippen LogP contribution in [0.2, 0.25) is 0 Å². The molecular formula is C29H32N2O4. The van der Waals surface area contributed by atoms with E-state index in [1.165, 1.54) is 11.1 Å². The molecule has 35 heavy (non-hydrogen) atoms. The number of ether oxygens (including phenoxy) is 3. The molecule has 1 N–H and O–H groups in total. The van der Waals surface area contributed by atoms with E-state index in [4.69, 9.17) is 19.2 Å². The van der Waals surface area contributed by atoms with E-state index in [0.717, 1.165) is 35.5 Å². The summed E-state index contributed by atoms with van der Waals surface area (Å²) in [5, 5.41) is 3.06. The van der Waals surface area contributed by atoms with Crippen molar-refractivity contribution < 1.29 is 19.0 Å². The lowest BCUT2D eigenvalue weighted by atomic mass is 9.96. The average Bonchev–Trinajstić information content (AvgIpc) is 3.62. The first-order valence-corrected chi connectivity index (χ1v) is 12.3. The normalized spacial score (nSPS) is 17.3. The molecule has 6 heteroatoms. The lowest BCUT2D eigenvalue weighted by Crippen LogP contribution is -2.28. The van der Waals surface area contributed by atoms with Crippen molar-refractivity contribution >= 4 is 5.91 Å². The number of aryl methyl sites for hydroxylation is 1. The molecule has 1 aliphatic carbocycles. The van der Waals surface area contributed by atoms with Crippen LogP contribution in [0.4, 0.5) is 0 Å². The van der Waals surface area contributed by atoms with Crippen LogP contribution in [0.25, 0.3) is 11.3 Å². The fourth-order valence-corrected chi connectivity index (χ4v) is 4.27. The van der Waals surface area contributed by atoms with Crippen molar-refractivity contribution in [2.24, 2.45) is 0 Å². The van der Waals surface area contributed by atoms with Gasteiger partial charge in [0.05, 0.1) is 19.8 Å². The Labute approximate surface area is 206 Å². The number of aromatic nitrogens is 1. The molecule has 0 radical (unpaired) electrons. The molecule has 2 aromatic carbocycles. The Morgan fingerprint density at radius 3 is 2.63 bits per heavy atom. The highest BCUT2D eigenvalue weighted by Crippen LogP contribution is 2.42. The van der Waals surface area contributed by atoms with Gasteiger partial charge in [-0.25, -0.2) is 4.98 Å². The Kier molecular flexibility index (Phi) is 6.37. The highest BCUT2D eigenvalue weighted by atomic mass is 16.5. The molecule has 6 nitrogen and oxygen atoms in total. The maximum atomic E-state index is 12.9. The molecule has 182 valence electrons. The van der Waals surface area contributed by atoms with Crippen molar-refractivity contribution in [2.75, 3.05) is 20.3 Å². The van der Waals surface area contributed by atoms with Crippen LogP contribution in [0.5, 0.6) is 17.2 Å². The number of amides is 1. The fraction of sp³-hybridized carbons (Fsp3) is 0.379. The monoisotopic (exact) mass is 472 g/mol. The number of carbonyl (C=O) groups excluding carboxylic acids is 1.